The van der Waals surface area contributed by atoms with Crippen LogP contribution in [0.4, 0.5) is 0 Å². The molecule has 106 valence electrons. The van der Waals surface area contributed by atoms with Crippen molar-refractivity contribution in [2.45, 2.75) is 18.2 Å². The molecule has 0 saturated heterocycles. The smallest absolute Gasteiger partial charge is 0.161 e. The van der Waals surface area contributed by atoms with Gasteiger partial charge in [-0.1, -0.05) is 36.7 Å². The van der Waals surface area contributed by atoms with E-state index in [9.17, 15) is 0 Å². The van der Waals surface area contributed by atoms with Crippen molar-refractivity contribution in [2.24, 2.45) is 0 Å². The lowest BCUT2D eigenvalue weighted by molar-refractivity contribution is 1.14. The SMILES string of the molecule is CCc1ccc2nc(-c3ccc(SC)cc3)nc(Cl)c2c1. The number of nitrogens with zero attached hydrogens (tertiary/aromatic N) is 2. The molecule has 0 aliphatic heterocycles. The number of hydrogen-bond acceptors (Lipinski definition) is 3. The molecular weight excluding hydrogens is 300 g/mol. The Balaban J connectivity index is 2.11. The summed E-state index contributed by atoms with van der Waals surface area (Å²) in [6, 6.07) is 14.4. The van der Waals surface area contributed by atoms with Crippen molar-refractivity contribution in [3.8, 4) is 11.4 Å². The summed E-state index contributed by atoms with van der Waals surface area (Å²) in [6.45, 7) is 2.12. The number of benzene rings is 2. The molecule has 2 nitrogen and oxygen atoms in total. The second kappa shape index (κ2) is 6.04. The minimum absolute atomic E-state index is 0.513. The lowest BCUT2D eigenvalue weighted by Gasteiger charge is -2.06. The van der Waals surface area contributed by atoms with Gasteiger partial charge in [0.25, 0.3) is 0 Å². The maximum atomic E-state index is 6.34. The van der Waals surface area contributed by atoms with Crippen molar-refractivity contribution >= 4 is 34.3 Å². The van der Waals surface area contributed by atoms with Crippen LogP contribution in [0, 0.1) is 0 Å². The first-order chi connectivity index (χ1) is 10.2. The van der Waals surface area contributed by atoms with Crippen molar-refractivity contribution in [3.05, 3.63) is 53.2 Å². The van der Waals surface area contributed by atoms with E-state index in [0.717, 1.165) is 22.9 Å². The van der Waals surface area contributed by atoms with Crippen LogP contribution >= 0.6 is 23.4 Å². The fourth-order valence-electron chi connectivity index (χ4n) is 2.23. The first kappa shape index (κ1) is 14.4. The quantitative estimate of drug-likeness (QED) is 0.488. The minimum atomic E-state index is 0.513. The Morgan fingerprint density at radius 2 is 1.81 bits per heavy atom. The van der Waals surface area contributed by atoms with Gasteiger partial charge in [0, 0.05) is 15.8 Å². The van der Waals surface area contributed by atoms with E-state index < -0.39 is 0 Å². The Hall–Kier alpha value is -1.58. The van der Waals surface area contributed by atoms with E-state index >= 15 is 0 Å². The molecule has 2 aromatic carbocycles. The van der Waals surface area contributed by atoms with Crippen molar-refractivity contribution < 1.29 is 0 Å². The van der Waals surface area contributed by atoms with E-state index in [1.165, 1.54) is 10.5 Å². The number of aryl methyl sites for hydroxylation is 1. The highest BCUT2D eigenvalue weighted by molar-refractivity contribution is 7.98. The molecule has 0 spiro atoms. The molecule has 0 saturated carbocycles. The molecule has 0 amide bonds. The van der Waals surface area contributed by atoms with Crippen LogP contribution < -0.4 is 0 Å². The van der Waals surface area contributed by atoms with Gasteiger partial charge in [-0.25, -0.2) is 9.97 Å². The van der Waals surface area contributed by atoms with Crippen LogP contribution in [0.5, 0.6) is 0 Å². The van der Waals surface area contributed by atoms with E-state index in [0.29, 0.717) is 11.0 Å². The zero-order valence-corrected chi connectivity index (χ0v) is 13.5. The second-order valence-electron chi connectivity index (χ2n) is 4.77. The average molecular weight is 315 g/mol. The Labute approximate surface area is 133 Å². The van der Waals surface area contributed by atoms with Gasteiger partial charge < -0.3 is 0 Å². The lowest BCUT2D eigenvalue weighted by Crippen LogP contribution is -1.93. The third-order valence-electron chi connectivity index (χ3n) is 3.47. The third-order valence-corrected chi connectivity index (χ3v) is 4.50. The van der Waals surface area contributed by atoms with Crippen molar-refractivity contribution in [1.29, 1.82) is 0 Å². The maximum Gasteiger partial charge on any atom is 0.161 e. The summed E-state index contributed by atoms with van der Waals surface area (Å²) in [5.74, 6) is 0.671. The molecule has 3 aromatic rings. The largest absolute Gasteiger partial charge is 0.228 e. The first-order valence-corrected chi connectivity index (χ1v) is 8.42. The summed E-state index contributed by atoms with van der Waals surface area (Å²) in [6.07, 6.45) is 3.04. The number of thioether (sulfide) groups is 1. The van der Waals surface area contributed by atoms with Gasteiger partial charge in [-0.05, 0) is 42.5 Å². The molecule has 0 N–H and O–H groups in total. The van der Waals surface area contributed by atoms with Crippen LogP contribution in [0.3, 0.4) is 0 Å². The van der Waals surface area contributed by atoms with Crippen molar-refractivity contribution in [1.82, 2.24) is 9.97 Å². The van der Waals surface area contributed by atoms with E-state index in [1.807, 2.05) is 18.2 Å². The van der Waals surface area contributed by atoms with Gasteiger partial charge in [0.1, 0.15) is 5.15 Å². The van der Waals surface area contributed by atoms with Crippen LogP contribution in [0.2, 0.25) is 5.15 Å². The van der Waals surface area contributed by atoms with Crippen LogP contribution in [0.15, 0.2) is 47.4 Å². The van der Waals surface area contributed by atoms with Gasteiger partial charge in [-0.2, -0.15) is 0 Å². The molecule has 0 bridgehead atoms. The maximum absolute atomic E-state index is 6.34. The molecule has 0 fully saturated rings. The van der Waals surface area contributed by atoms with Crippen molar-refractivity contribution in [2.75, 3.05) is 6.26 Å². The zero-order valence-electron chi connectivity index (χ0n) is 11.9. The fourth-order valence-corrected chi connectivity index (χ4v) is 2.87. The molecule has 1 aromatic heterocycles. The van der Waals surface area contributed by atoms with Gasteiger partial charge in [0.2, 0.25) is 0 Å². The number of rotatable bonds is 3. The summed E-state index contributed by atoms with van der Waals surface area (Å²) < 4.78 is 0. The van der Waals surface area contributed by atoms with Crippen LogP contribution in [0.1, 0.15) is 12.5 Å². The molecule has 0 unspecified atom stereocenters. The van der Waals surface area contributed by atoms with Crippen LogP contribution in [-0.4, -0.2) is 16.2 Å². The monoisotopic (exact) mass is 314 g/mol. The highest BCUT2D eigenvalue weighted by Crippen LogP contribution is 2.27. The standard InChI is InChI=1S/C17H15ClN2S/c1-3-11-4-9-15-14(10-11)16(18)20-17(19-15)12-5-7-13(21-2)8-6-12/h4-10H,3H2,1-2H3. The second-order valence-corrected chi connectivity index (χ2v) is 6.01. The normalized spacial score (nSPS) is 11.0. The molecule has 21 heavy (non-hydrogen) atoms. The highest BCUT2D eigenvalue weighted by Gasteiger charge is 2.08. The Kier molecular flexibility index (Phi) is 4.13. The topological polar surface area (TPSA) is 25.8 Å². The summed E-state index contributed by atoms with van der Waals surface area (Å²) in [5, 5.41) is 1.43. The average Bonchev–Trinajstić information content (AvgIpc) is 2.54. The van der Waals surface area contributed by atoms with E-state index in [-0.39, 0.29) is 0 Å². The number of fused-ring (bicyclic) bond motifs is 1. The summed E-state index contributed by atoms with van der Waals surface area (Å²) in [5.41, 5.74) is 3.11. The number of aromatic nitrogens is 2. The minimum Gasteiger partial charge on any atom is -0.228 e. The molecular formula is C17H15ClN2S. The summed E-state index contributed by atoms with van der Waals surface area (Å²) in [4.78, 5) is 10.3. The van der Waals surface area contributed by atoms with E-state index in [2.05, 4.69) is 47.4 Å². The molecule has 0 radical (unpaired) electrons. The van der Waals surface area contributed by atoms with Gasteiger partial charge in [0.15, 0.2) is 5.82 Å². The van der Waals surface area contributed by atoms with Gasteiger partial charge in [-0.15, -0.1) is 11.8 Å². The third kappa shape index (κ3) is 2.89. The number of hydrogen-bond donors (Lipinski definition) is 0. The Bertz CT molecular complexity index is 785. The first-order valence-electron chi connectivity index (χ1n) is 6.82. The molecule has 3 rings (SSSR count). The molecule has 0 atom stereocenters. The molecule has 4 heteroatoms. The highest BCUT2D eigenvalue weighted by atomic mass is 35.5. The predicted octanol–water partition coefficient (Wildman–Crippen LogP) is 5.23. The Morgan fingerprint density at radius 3 is 2.48 bits per heavy atom. The lowest BCUT2D eigenvalue weighted by atomic mass is 10.1. The molecule has 0 aliphatic rings. The van der Waals surface area contributed by atoms with Gasteiger partial charge in [-0.3, -0.25) is 0 Å². The predicted molar refractivity (Wildman–Crippen MR) is 91.1 cm³/mol. The van der Waals surface area contributed by atoms with Gasteiger partial charge >= 0.3 is 0 Å². The summed E-state index contributed by atoms with van der Waals surface area (Å²) >= 11 is 8.06. The van der Waals surface area contributed by atoms with Crippen LogP contribution in [0.25, 0.3) is 22.3 Å². The van der Waals surface area contributed by atoms with E-state index in [1.54, 1.807) is 11.8 Å². The number of halogens is 1. The zero-order chi connectivity index (χ0) is 14.8. The van der Waals surface area contributed by atoms with Crippen LogP contribution in [-0.2, 0) is 6.42 Å². The van der Waals surface area contributed by atoms with E-state index in [4.69, 9.17) is 11.6 Å². The fraction of sp³-hybridized carbons (Fsp3) is 0.176. The van der Waals surface area contributed by atoms with Gasteiger partial charge in [0.05, 0.1) is 5.52 Å². The molecule has 1 heterocycles. The Morgan fingerprint density at radius 1 is 1.05 bits per heavy atom. The summed E-state index contributed by atoms with van der Waals surface area (Å²) in [7, 11) is 0. The van der Waals surface area contributed by atoms with Crippen molar-refractivity contribution in [3.63, 3.8) is 0 Å². The molecule has 0 aliphatic carbocycles.